The number of H-pyrrole nitrogens is 1. The van der Waals surface area contributed by atoms with E-state index < -0.39 is 17.7 Å². The number of hydrogen-bond donors (Lipinski definition) is 3. The second kappa shape index (κ2) is 9.71. The van der Waals surface area contributed by atoms with Crippen molar-refractivity contribution >= 4 is 22.9 Å². The lowest BCUT2D eigenvalue weighted by Crippen LogP contribution is -2.48. The Labute approximate surface area is 197 Å². The van der Waals surface area contributed by atoms with Crippen molar-refractivity contribution in [1.29, 1.82) is 0 Å². The fraction of sp³-hybridized carbons (Fsp3) is 0.476. The summed E-state index contributed by atoms with van der Waals surface area (Å²) in [6, 6.07) is 1.80. The van der Waals surface area contributed by atoms with Gasteiger partial charge in [-0.05, 0) is 26.3 Å². The zero-order valence-corrected chi connectivity index (χ0v) is 18.9. The number of rotatable bonds is 3. The predicted molar refractivity (Wildman–Crippen MR) is 116 cm³/mol. The highest BCUT2D eigenvalue weighted by atomic mass is 19.4. The van der Waals surface area contributed by atoms with Crippen LogP contribution in [0.2, 0.25) is 0 Å². The van der Waals surface area contributed by atoms with Gasteiger partial charge in [0.25, 0.3) is 5.91 Å². The minimum Gasteiger partial charge on any atom is -0.382 e. The van der Waals surface area contributed by atoms with E-state index in [-0.39, 0.29) is 35.7 Å². The number of aromatic nitrogens is 5. The second-order valence-electron chi connectivity index (χ2n) is 8.34. The van der Waals surface area contributed by atoms with Crippen LogP contribution in [0.25, 0.3) is 11.2 Å². The van der Waals surface area contributed by atoms with Crippen LogP contribution in [-0.2, 0) is 20.4 Å². The topological polar surface area (TPSA) is 150 Å². The van der Waals surface area contributed by atoms with Gasteiger partial charge in [0.1, 0.15) is 29.2 Å². The quantitative estimate of drug-likeness (QED) is 0.496. The summed E-state index contributed by atoms with van der Waals surface area (Å²) in [5.74, 6) is -1.14. The second-order valence-corrected chi connectivity index (χ2v) is 8.34. The highest BCUT2D eigenvalue weighted by Gasteiger charge is 2.47. The van der Waals surface area contributed by atoms with Crippen molar-refractivity contribution in [2.45, 2.75) is 50.5 Å². The Bertz CT molecular complexity index is 1190. The number of carbonyl (C=O) groups excluding carboxylic acids is 1. The van der Waals surface area contributed by atoms with Crippen molar-refractivity contribution in [1.82, 2.24) is 30.2 Å². The highest BCUT2D eigenvalue weighted by Crippen LogP contribution is 2.35. The van der Waals surface area contributed by atoms with Gasteiger partial charge < -0.3 is 30.2 Å². The first-order valence-corrected chi connectivity index (χ1v) is 10.7. The third-order valence-corrected chi connectivity index (χ3v) is 5.22. The fourth-order valence-corrected chi connectivity index (χ4v) is 3.74. The first kappa shape index (κ1) is 24.8. The SMILES string of the molecule is CC1(C)OC2CCOC(CNC(=O)c3cnc4cc[nH]c4n3)C2O1.Nc1cncc(C(F)(F)F)n1. The number of halogens is 3. The summed E-state index contributed by atoms with van der Waals surface area (Å²) >= 11 is 0. The molecule has 2 aliphatic rings. The number of fused-ring (bicyclic) bond motifs is 2. The molecule has 3 aromatic rings. The van der Waals surface area contributed by atoms with Crippen molar-refractivity contribution in [3.05, 3.63) is 42.2 Å². The molecule has 2 fully saturated rings. The summed E-state index contributed by atoms with van der Waals surface area (Å²) in [6.45, 7) is 4.71. The van der Waals surface area contributed by atoms with Crippen LogP contribution in [0.5, 0.6) is 0 Å². The zero-order chi connectivity index (χ0) is 25.2. The number of alkyl halides is 3. The minimum atomic E-state index is -4.47. The summed E-state index contributed by atoms with van der Waals surface area (Å²) in [5, 5.41) is 2.85. The predicted octanol–water partition coefficient (Wildman–Crippen LogP) is 2.07. The number of ether oxygens (including phenoxy) is 3. The average Bonchev–Trinajstić information content (AvgIpc) is 3.39. The van der Waals surface area contributed by atoms with E-state index in [1.165, 1.54) is 6.20 Å². The monoisotopic (exact) mass is 495 g/mol. The summed E-state index contributed by atoms with van der Waals surface area (Å²) in [5.41, 5.74) is 5.49. The molecular formula is C21H24F3N7O4. The molecule has 5 heterocycles. The van der Waals surface area contributed by atoms with E-state index in [4.69, 9.17) is 19.9 Å². The Kier molecular flexibility index (Phi) is 6.87. The van der Waals surface area contributed by atoms with Crippen LogP contribution in [0, 0.1) is 0 Å². The largest absolute Gasteiger partial charge is 0.434 e. The number of nitrogen functional groups attached to an aromatic ring is 1. The molecule has 188 valence electrons. The summed E-state index contributed by atoms with van der Waals surface area (Å²) in [6.07, 6.45) is 0.797. The molecule has 5 rings (SSSR count). The average molecular weight is 495 g/mol. The van der Waals surface area contributed by atoms with Crippen LogP contribution in [0.15, 0.2) is 30.9 Å². The van der Waals surface area contributed by atoms with E-state index in [9.17, 15) is 18.0 Å². The smallest absolute Gasteiger partial charge is 0.382 e. The van der Waals surface area contributed by atoms with E-state index in [0.717, 1.165) is 18.1 Å². The third-order valence-electron chi connectivity index (χ3n) is 5.22. The molecule has 0 saturated carbocycles. The minimum absolute atomic E-state index is 0.00529. The number of aromatic amines is 1. The first-order chi connectivity index (χ1) is 16.5. The van der Waals surface area contributed by atoms with Gasteiger partial charge in [-0.25, -0.2) is 9.97 Å². The Morgan fingerprint density at radius 1 is 1.26 bits per heavy atom. The van der Waals surface area contributed by atoms with Gasteiger partial charge in [-0.15, -0.1) is 0 Å². The molecular weight excluding hydrogens is 471 g/mol. The standard InChI is InChI=1S/C16H20N4O4.C5H4F3N3/c1-16(2)23-11-4-6-22-12(13(11)24-16)8-19-15(21)10-7-18-9-3-5-17-14(9)20-10;6-5(7,8)3-1-10-2-4(9)11-3/h3,5,7,11-13H,4,6,8H2,1-2H3,(H,17,20)(H,19,21);1-2H,(H2,9,11). The van der Waals surface area contributed by atoms with E-state index in [1.54, 1.807) is 12.3 Å². The fourth-order valence-electron chi connectivity index (χ4n) is 3.74. The zero-order valence-electron chi connectivity index (χ0n) is 18.9. The number of nitrogens with two attached hydrogens (primary N) is 1. The number of nitrogens with zero attached hydrogens (tertiary/aromatic N) is 4. The van der Waals surface area contributed by atoms with E-state index in [2.05, 4.69) is 30.2 Å². The molecule has 35 heavy (non-hydrogen) atoms. The van der Waals surface area contributed by atoms with Crippen molar-refractivity contribution in [3.63, 3.8) is 0 Å². The normalized spacial score (nSPS) is 23.3. The lowest BCUT2D eigenvalue weighted by molar-refractivity contribution is -0.153. The number of hydrogen-bond acceptors (Lipinski definition) is 9. The van der Waals surface area contributed by atoms with E-state index in [0.29, 0.717) is 25.0 Å². The summed E-state index contributed by atoms with van der Waals surface area (Å²) < 4.78 is 53.0. The van der Waals surface area contributed by atoms with Gasteiger partial charge in [0.2, 0.25) is 0 Å². The van der Waals surface area contributed by atoms with Gasteiger partial charge >= 0.3 is 6.18 Å². The summed E-state index contributed by atoms with van der Waals surface area (Å²) in [7, 11) is 0. The van der Waals surface area contributed by atoms with Crippen molar-refractivity contribution in [3.8, 4) is 0 Å². The Balaban J connectivity index is 0.000000221. The van der Waals surface area contributed by atoms with Crippen LogP contribution in [0.4, 0.5) is 19.0 Å². The number of anilines is 1. The molecule has 0 aliphatic carbocycles. The molecule has 0 aromatic carbocycles. The van der Waals surface area contributed by atoms with Crippen LogP contribution in [-0.4, -0.2) is 68.1 Å². The molecule has 3 atom stereocenters. The Hall–Kier alpha value is -3.36. The van der Waals surface area contributed by atoms with Crippen LogP contribution in [0.1, 0.15) is 36.5 Å². The Morgan fingerprint density at radius 3 is 2.77 bits per heavy atom. The van der Waals surface area contributed by atoms with Crippen molar-refractivity contribution in [2.75, 3.05) is 18.9 Å². The van der Waals surface area contributed by atoms with Gasteiger partial charge in [-0.2, -0.15) is 13.2 Å². The molecule has 2 aliphatic heterocycles. The maximum absolute atomic E-state index is 12.3. The van der Waals surface area contributed by atoms with Gasteiger partial charge in [0, 0.05) is 19.3 Å². The van der Waals surface area contributed by atoms with Crippen molar-refractivity contribution in [2.24, 2.45) is 0 Å². The number of nitrogens with one attached hydrogen (secondary N) is 2. The van der Waals surface area contributed by atoms with Crippen LogP contribution < -0.4 is 11.1 Å². The third kappa shape index (κ3) is 6.01. The molecule has 3 aromatic heterocycles. The van der Waals surface area contributed by atoms with E-state index >= 15 is 0 Å². The van der Waals surface area contributed by atoms with Gasteiger partial charge in [-0.1, -0.05) is 0 Å². The van der Waals surface area contributed by atoms with Crippen LogP contribution in [0.3, 0.4) is 0 Å². The first-order valence-electron chi connectivity index (χ1n) is 10.7. The maximum atomic E-state index is 12.3. The molecule has 2 saturated heterocycles. The molecule has 0 radical (unpaired) electrons. The lowest BCUT2D eigenvalue weighted by atomic mass is 10.0. The molecule has 1 amide bonds. The van der Waals surface area contributed by atoms with Crippen molar-refractivity contribution < 1.29 is 32.2 Å². The molecule has 0 bridgehead atoms. The highest BCUT2D eigenvalue weighted by molar-refractivity contribution is 5.93. The number of carbonyl (C=O) groups is 1. The maximum Gasteiger partial charge on any atom is 0.434 e. The molecule has 4 N–H and O–H groups in total. The van der Waals surface area contributed by atoms with E-state index in [1.807, 2.05) is 13.8 Å². The van der Waals surface area contributed by atoms with Gasteiger partial charge in [0.15, 0.2) is 17.1 Å². The molecule has 11 nitrogen and oxygen atoms in total. The lowest BCUT2D eigenvalue weighted by Gasteiger charge is -2.31. The Morgan fingerprint density at radius 2 is 2.06 bits per heavy atom. The number of amides is 1. The van der Waals surface area contributed by atoms with Crippen LogP contribution >= 0.6 is 0 Å². The molecule has 14 heteroatoms. The van der Waals surface area contributed by atoms with Gasteiger partial charge in [0.05, 0.1) is 24.7 Å². The molecule has 3 unspecified atom stereocenters. The summed E-state index contributed by atoms with van der Waals surface area (Å²) in [4.78, 5) is 30.0. The van der Waals surface area contributed by atoms with Gasteiger partial charge in [-0.3, -0.25) is 14.8 Å². The molecule has 0 spiro atoms.